The summed E-state index contributed by atoms with van der Waals surface area (Å²) in [5.74, 6) is -1.39. The molecule has 0 aliphatic heterocycles. The molecule has 1 aromatic rings. The Morgan fingerprint density at radius 1 is 1.33 bits per heavy atom. The van der Waals surface area contributed by atoms with Gasteiger partial charge >= 0.3 is 6.18 Å². The average Bonchev–Trinajstić information content (AvgIpc) is 2.15. The van der Waals surface area contributed by atoms with E-state index in [4.69, 9.17) is 0 Å². The molecule has 0 saturated heterocycles. The lowest BCUT2D eigenvalue weighted by atomic mass is 10.0. The van der Waals surface area contributed by atoms with Crippen LogP contribution >= 0.6 is 0 Å². The number of alkyl halides is 3. The Morgan fingerprint density at radius 2 is 1.93 bits per heavy atom. The lowest BCUT2D eigenvalue weighted by Gasteiger charge is -2.13. The van der Waals surface area contributed by atoms with Gasteiger partial charge in [0, 0.05) is 5.56 Å². The largest absolute Gasteiger partial charge is 0.419 e. The van der Waals surface area contributed by atoms with Crippen LogP contribution in [0, 0.1) is 5.82 Å². The Labute approximate surface area is 84.3 Å². The van der Waals surface area contributed by atoms with Gasteiger partial charge in [-0.25, -0.2) is 4.39 Å². The van der Waals surface area contributed by atoms with Crippen LogP contribution in [0.3, 0.4) is 0 Å². The highest BCUT2D eigenvalue weighted by Crippen LogP contribution is 2.34. The van der Waals surface area contributed by atoms with Gasteiger partial charge in [-0.3, -0.25) is 0 Å². The fraction of sp³-hybridized carbons (Fsp3) is 0.400. The molecular formula is C10H10F4O. The molecular weight excluding hydrogens is 212 g/mol. The summed E-state index contributed by atoms with van der Waals surface area (Å²) in [4.78, 5) is 0. The second-order valence-electron chi connectivity index (χ2n) is 3.13. The predicted octanol–water partition coefficient (Wildman–Crippen LogP) is 3.29. The third kappa shape index (κ3) is 2.47. The fourth-order valence-electron chi connectivity index (χ4n) is 1.25. The molecule has 0 saturated carbocycles. The molecule has 0 fully saturated rings. The predicted molar refractivity (Wildman–Crippen MR) is 46.7 cm³/mol. The zero-order valence-corrected chi connectivity index (χ0v) is 7.98. The minimum absolute atomic E-state index is 0.165. The average molecular weight is 222 g/mol. The summed E-state index contributed by atoms with van der Waals surface area (Å²) in [6.07, 6.45) is -5.77. The van der Waals surface area contributed by atoms with Gasteiger partial charge in [0.25, 0.3) is 0 Å². The van der Waals surface area contributed by atoms with Gasteiger partial charge < -0.3 is 5.11 Å². The van der Waals surface area contributed by atoms with Crippen molar-refractivity contribution in [2.24, 2.45) is 0 Å². The van der Waals surface area contributed by atoms with Gasteiger partial charge in [-0.15, -0.1) is 0 Å². The monoisotopic (exact) mass is 222 g/mol. The maximum Gasteiger partial charge on any atom is 0.419 e. The minimum Gasteiger partial charge on any atom is -0.388 e. The lowest BCUT2D eigenvalue weighted by Crippen LogP contribution is -2.11. The molecule has 0 radical (unpaired) electrons. The zero-order valence-electron chi connectivity index (χ0n) is 7.98. The molecule has 0 amide bonds. The number of aliphatic hydroxyl groups excluding tert-OH is 1. The molecule has 1 atom stereocenters. The molecule has 1 aromatic carbocycles. The molecule has 0 unspecified atom stereocenters. The highest BCUT2D eigenvalue weighted by Gasteiger charge is 2.35. The van der Waals surface area contributed by atoms with Crippen LogP contribution in [0.1, 0.15) is 30.6 Å². The molecule has 0 aliphatic rings. The molecule has 0 aliphatic carbocycles. The Morgan fingerprint density at radius 3 is 2.40 bits per heavy atom. The third-order valence-electron chi connectivity index (χ3n) is 2.08. The number of hydrogen-bond donors (Lipinski definition) is 1. The van der Waals surface area contributed by atoms with E-state index in [0.717, 1.165) is 12.1 Å². The van der Waals surface area contributed by atoms with E-state index in [-0.39, 0.29) is 12.0 Å². The maximum atomic E-state index is 13.3. The van der Waals surface area contributed by atoms with Crippen molar-refractivity contribution in [1.29, 1.82) is 0 Å². The first-order chi connectivity index (χ1) is 6.88. The van der Waals surface area contributed by atoms with Crippen molar-refractivity contribution in [2.75, 3.05) is 0 Å². The Hall–Kier alpha value is -1.10. The van der Waals surface area contributed by atoms with Crippen molar-refractivity contribution in [3.8, 4) is 0 Å². The van der Waals surface area contributed by atoms with E-state index < -0.39 is 23.7 Å². The molecule has 0 aromatic heterocycles. The SMILES string of the molecule is CC[C@@H](O)c1cccc(C(F)(F)F)c1F. The summed E-state index contributed by atoms with van der Waals surface area (Å²) >= 11 is 0. The number of benzene rings is 1. The van der Waals surface area contributed by atoms with Crippen LogP contribution in [0.15, 0.2) is 18.2 Å². The summed E-state index contributed by atoms with van der Waals surface area (Å²) in [6, 6.07) is 2.89. The second-order valence-corrected chi connectivity index (χ2v) is 3.13. The van der Waals surface area contributed by atoms with Gasteiger partial charge in [-0.1, -0.05) is 19.1 Å². The van der Waals surface area contributed by atoms with Gasteiger partial charge in [0.2, 0.25) is 0 Å². The summed E-state index contributed by atoms with van der Waals surface area (Å²) in [6.45, 7) is 1.56. The van der Waals surface area contributed by atoms with Crippen LogP contribution in [0.25, 0.3) is 0 Å². The van der Waals surface area contributed by atoms with Crippen LogP contribution in [0.4, 0.5) is 17.6 Å². The Balaban J connectivity index is 3.23. The first-order valence-electron chi connectivity index (χ1n) is 4.41. The van der Waals surface area contributed by atoms with Crippen molar-refractivity contribution in [1.82, 2.24) is 0 Å². The number of hydrogen-bond acceptors (Lipinski definition) is 1. The van der Waals surface area contributed by atoms with E-state index in [9.17, 15) is 22.7 Å². The van der Waals surface area contributed by atoms with Gasteiger partial charge in [0.1, 0.15) is 5.82 Å². The van der Waals surface area contributed by atoms with Gasteiger partial charge in [0.05, 0.1) is 11.7 Å². The molecule has 1 nitrogen and oxygen atoms in total. The maximum absolute atomic E-state index is 13.3. The summed E-state index contributed by atoms with van der Waals surface area (Å²) in [5.41, 5.74) is -1.65. The van der Waals surface area contributed by atoms with E-state index in [0.29, 0.717) is 6.07 Å². The smallest absolute Gasteiger partial charge is 0.388 e. The molecule has 0 spiro atoms. The van der Waals surface area contributed by atoms with Gasteiger partial charge in [-0.2, -0.15) is 13.2 Å². The highest BCUT2D eigenvalue weighted by atomic mass is 19.4. The van der Waals surface area contributed by atoms with Crippen LogP contribution < -0.4 is 0 Å². The van der Waals surface area contributed by atoms with Crippen molar-refractivity contribution in [3.63, 3.8) is 0 Å². The van der Waals surface area contributed by atoms with E-state index in [1.54, 1.807) is 6.92 Å². The van der Waals surface area contributed by atoms with Gasteiger partial charge in [-0.05, 0) is 12.5 Å². The van der Waals surface area contributed by atoms with Gasteiger partial charge in [0.15, 0.2) is 0 Å². The standard InChI is InChI=1S/C10H10F4O/c1-2-8(15)6-4-3-5-7(9(6)11)10(12,13)14/h3-5,8,15H,2H2,1H3/t8-/m1/s1. The van der Waals surface area contributed by atoms with E-state index in [1.807, 2.05) is 0 Å². The molecule has 0 bridgehead atoms. The van der Waals surface area contributed by atoms with Crippen LogP contribution in [0.5, 0.6) is 0 Å². The van der Waals surface area contributed by atoms with Crippen LogP contribution in [0.2, 0.25) is 0 Å². The van der Waals surface area contributed by atoms with Crippen molar-refractivity contribution in [2.45, 2.75) is 25.6 Å². The van der Waals surface area contributed by atoms with E-state index in [2.05, 4.69) is 0 Å². The van der Waals surface area contributed by atoms with Crippen LogP contribution in [-0.4, -0.2) is 5.11 Å². The van der Waals surface area contributed by atoms with E-state index >= 15 is 0 Å². The molecule has 5 heteroatoms. The number of aliphatic hydroxyl groups is 1. The zero-order chi connectivity index (χ0) is 11.6. The lowest BCUT2D eigenvalue weighted by molar-refractivity contribution is -0.140. The Bertz CT molecular complexity index is 346. The fourth-order valence-corrected chi connectivity index (χ4v) is 1.25. The number of rotatable bonds is 2. The van der Waals surface area contributed by atoms with Crippen molar-refractivity contribution in [3.05, 3.63) is 35.1 Å². The molecule has 1 rings (SSSR count). The summed E-state index contributed by atoms with van der Waals surface area (Å²) < 4.78 is 50.1. The Kier molecular flexibility index (Phi) is 3.34. The van der Waals surface area contributed by atoms with Crippen molar-refractivity contribution < 1.29 is 22.7 Å². The normalized spacial score (nSPS) is 14.0. The first kappa shape index (κ1) is 12.0. The molecule has 1 N–H and O–H groups in total. The molecule has 84 valence electrons. The quantitative estimate of drug-likeness (QED) is 0.761. The summed E-state index contributed by atoms with van der Waals surface area (Å²) in [5, 5.41) is 9.29. The minimum atomic E-state index is -4.73. The first-order valence-corrected chi connectivity index (χ1v) is 4.41. The molecule has 15 heavy (non-hydrogen) atoms. The highest BCUT2D eigenvalue weighted by molar-refractivity contribution is 5.29. The molecule has 0 heterocycles. The van der Waals surface area contributed by atoms with E-state index in [1.165, 1.54) is 0 Å². The van der Waals surface area contributed by atoms with Crippen molar-refractivity contribution >= 4 is 0 Å². The second kappa shape index (κ2) is 4.18. The summed E-state index contributed by atoms with van der Waals surface area (Å²) in [7, 11) is 0. The third-order valence-corrected chi connectivity index (χ3v) is 2.08. The van der Waals surface area contributed by atoms with Crippen LogP contribution in [-0.2, 0) is 6.18 Å². The number of halogens is 4. The topological polar surface area (TPSA) is 20.2 Å².